The molecule has 0 spiro atoms. The predicted molar refractivity (Wildman–Crippen MR) is 41.7 cm³/mol. The summed E-state index contributed by atoms with van der Waals surface area (Å²) in [5.41, 5.74) is 0. The summed E-state index contributed by atoms with van der Waals surface area (Å²) in [5.74, 6) is -3.68. The van der Waals surface area contributed by atoms with Crippen molar-refractivity contribution in [2.75, 3.05) is 4.43 Å². The van der Waals surface area contributed by atoms with Gasteiger partial charge in [0.25, 0.3) is 0 Å². The average molecular weight is 322 g/mol. The van der Waals surface area contributed by atoms with Crippen LogP contribution in [0.2, 0.25) is 0 Å². The van der Waals surface area contributed by atoms with Crippen molar-refractivity contribution in [3.8, 4) is 0 Å². The third kappa shape index (κ3) is 8.31. The van der Waals surface area contributed by atoms with Crippen molar-refractivity contribution in [1.82, 2.24) is 0 Å². The highest BCUT2D eigenvalue weighted by Gasteiger charge is 2.55. The fraction of sp³-hybridized carbons (Fsp3) is 0.800. The van der Waals surface area contributed by atoms with E-state index in [1.54, 1.807) is 0 Å². The van der Waals surface area contributed by atoms with Gasteiger partial charge in [0.2, 0.25) is 0 Å². The molecule has 0 aliphatic rings. The molecule has 0 aliphatic heterocycles. The number of hydrogen-bond donors (Lipinski definition) is 0. The Hall–Kier alpha value is -0.0200. The lowest BCUT2D eigenvalue weighted by molar-refractivity contribution is -0.217. The van der Waals surface area contributed by atoms with E-state index in [4.69, 9.17) is 0 Å². The van der Waals surface area contributed by atoms with Crippen LogP contribution < -0.4 is 0 Å². The molecule has 0 radical (unpaired) electrons. The van der Waals surface area contributed by atoms with Crippen molar-refractivity contribution in [3.63, 3.8) is 0 Å². The summed E-state index contributed by atoms with van der Waals surface area (Å²) < 4.78 is 66.5. The van der Waals surface area contributed by atoms with Crippen molar-refractivity contribution in [2.45, 2.75) is 19.3 Å². The van der Waals surface area contributed by atoms with E-state index in [1.807, 2.05) is 0 Å². The number of ketones is 1. The molecule has 0 unspecified atom stereocenters. The van der Waals surface area contributed by atoms with Gasteiger partial charge in [0, 0.05) is 0 Å². The number of rotatable bonds is 0. The van der Waals surface area contributed by atoms with Crippen molar-refractivity contribution >= 4 is 28.4 Å². The average Bonchev–Trinajstić information content (AvgIpc) is 1.84. The normalized spacial score (nSPS) is 11.7. The number of halogens is 7. The van der Waals surface area contributed by atoms with Gasteiger partial charge in [0.05, 0.1) is 0 Å². The van der Waals surface area contributed by atoms with Crippen LogP contribution in [0, 0.1) is 0 Å². The first-order chi connectivity index (χ1) is 5.57. The fourth-order valence-corrected chi connectivity index (χ4v) is 0.161. The smallest absolute Gasteiger partial charge is 0.279 e. The van der Waals surface area contributed by atoms with Crippen molar-refractivity contribution in [2.24, 2.45) is 0 Å². The van der Waals surface area contributed by atoms with E-state index in [0.717, 1.165) is 0 Å². The molecule has 80 valence electrons. The Morgan fingerprint density at radius 2 is 1.23 bits per heavy atom. The lowest BCUT2D eigenvalue weighted by Gasteiger charge is -2.06. The number of carbonyl (C=O) groups is 1. The molecule has 1 nitrogen and oxygen atoms in total. The molecule has 0 saturated heterocycles. The van der Waals surface area contributed by atoms with Crippen LogP contribution in [0.3, 0.4) is 0 Å². The van der Waals surface area contributed by atoms with E-state index >= 15 is 0 Å². The summed E-state index contributed by atoms with van der Waals surface area (Å²) in [5, 5.41) is 0. The summed E-state index contributed by atoms with van der Waals surface area (Å²) in [6.07, 6.45) is -11.6. The summed E-state index contributed by atoms with van der Waals surface area (Å²) in [6.45, 7) is 2.11. The molecule has 0 aromatic heterocycles. The Kier molecular flexibility index (Phi) is 6.72. The van der Waals surface area contributed by atoms with Gasteiger partial charge in [0.15, 0.2) is 0 Å². The molecule has 0 bridgehead atoms. The van der Waals surface area contributed by atoms with Gasteiger partial charge in [-0.1, -0.05) is 29.5 Å². The van der Waals surface area contributed by atoms with Crippen LogP contribution in [-0.2, 0) is 4.79 Å². The van der Waals surface area contributed by atoms with Gasteiger partial charge in [0.1, 0.15) is 0 Å². The Labute approximate surface area is 83.6 Å². The lowest BCUT2D eigenvalue weighted by atomic mass is 10.4. The molecule has 0 N–H and O–H groups in total. The number of carbonyl (C=O) groups excluding carboxylic acids is 1. The molecule has 0 saturated carbocycles. The highest BCUT2D eigenvalue weighted by atomic mass is 127. The Morgan fingerprint density at radius 3 is 1.23 bits per heavy atom. The van der Waals surface area contributed by atoms with Crippen LogP contribution in [0.5, 0.6) is 0 Å². The predicted octanol–water partition coefficient (Wildman–Crippen LogP) is 3.12. The molecule has 0 rings (SSSR count). The molecule has 0 heterocycles. The summed E-state index contributed by atoms with van der Waals surface area (Å²) >= 11 is 2.29. The van der Waals surface area contributed by atoms with E-state index in [-0.39, 0.29) is 0 Å². The topological polar surface area (TPSA) is 17.1 Å². The minimum atomic E-state index is -5.82. The zero-order valence-electron chi connectivity index (χ0n) is 6.26. The van der Waals surface area contributed by atoms with Crippen LogP contribution in [-0.4, -0.2) is 22.6 Å². The maximum atomic E-state index is 10.9. The maximum absolute atomic E-state index is 10.9. The van der Waals surface area contributed by atoms with E-state index in [2.05, 4.69) is 29.5 Å². The quantitative estimate of drug-likeness (QED) is 0.380. The molecular formula is C5H5F6IO. The zero-order chi connectivity index (χ0) is 11.3. The Balaban J connectivity index is 0. The standard InChI is InChI=1S/C3F6O.C2H5I/c4-2(5,6)1(10)3(7,8)9;1-2-3/h;2H2,1H3. The molecule has 0 aromatic carbocycles. The van der Waals surface area contributed by atoms with Crippen molar-refractivity contribution in [3.05, 3.63) is 0 Å². The third-order valence-corrected chi connectivity index (χ3v) is 0.515. The van der Waals surface area contributed by atoms with Gasteiger partial charge in [-0.05, 0) is 4.43 Å². The first-order valence-corrected chi connectivity index (χ1v) is 4.34. The number of hydrogen-bond acceptors (Lipinski definition) is 1. The van der Waals surface area contributed by atoms with Gasteiger partial charge in [-0.2, -0.15) is 26.3 Å². The minimum absolute atomic E-state index is 1.22. The highest BCUT2D eigenvalue weighted by Crippen LogP contribution is 2.28. The number of alkyl halides is 7. The fourth-order valence-electron chi connectivity index (χ4n) is 0.161. The first-order valence-electron chi connectivity index (χ1n) is 2.81. The molecular weight excluding hydrogens is 317 g/mol. The lowest BCUT2D eigenvalue weighted by Crippen LogP contribution is -2.36. The van der Waals surface area contributed by atoms with Crippen molar-refractivity contribution in [1.29, 1.82) is 0 Å². The second-order valence-corrected chi connectivity index (χ2v) is 3.12. The molecule has 0 aliphatic carbocycles. The van der Waals surface area contributed by atoms with Crippen LogP contribution in [0.1, 0.15) is 6.92 Å². The van der Waals surface area contributed by atoms with E-state index in [9.17, 15) is 31.1 Å². The first kappa shape index (κ1) is 15.5. The summed E-state index contributed by atoms with van der Waals surface area (Å²) in [6, 6.07) is 0. The van der Waals surface area contributed by atoms with Crippen LogP contribution >= 0.6 is 22.6 Å². The zero-order valence-corrected chi connectivity index (χ0v) is 8.42. The van der Waals surface area contributed by atoms with Crippen molar-refractivity contribution < 1.29 is 31.1 Å². The van der Waals surface area contributed by atoms with Gasteiger partial charge < -0.3 is 0 Å². The molecule has 0 aromatic rings. The highest BCUT2D eigenvalue weighted by molar-refractivity contribution is 14.1. The van der Waals surface area contributed by atoms with Crippen LogP contribution in [0.25, 0.3) is 0 Å². The summed E-state index contributed by atoms with van der Waals surface area (Å²) in [4.78, 5) is 9.24. The van der Waals surface area contributed by atoms with Gasteiger partial charge in [-0.3, -0.25) is 4.79 Å². The van der Waals surface area contributed by atoms with E-state index in [1.165, 1.54) is 4.43 Å². The van der Waals surface area contributed by atoms with Gasteiger partial charge in [-0.25, -0.2) is 0 Å². The second-order valence-electron chi connectivity index (χ2n) is 1.59. The van der Waals surface area contributed by atoms with Crippen LogP contribution in [0.15, 0.2) is 0 Å². The summed E-state index contributed by atoms with van der Waals surface area (Å²) in [7, 11) is 0. The Bertz CT molecular complexity index is 143. The Morgan fingerprint density at radius 1 is 1.08 bits per heavy atom. The monoisotopic (exact) mass is 322 g/mol. The second kappa shape index (κ2) is 5.66. The molecule has 13 heavy (non-hydrogen) atoms. The molecule has 0 atom stereocenters. The maximum Gasteiger partial charge on any atom is 0.459 e. The third-order valence-electron chi connectivity index (χ3n) is 0.515. The van der Waals surface area contributed by atoms with Crippen LogP contribution in [0.4, 0.5) is 26.3 Å². The van der Waals surface area contributed by atoms with Gasteiger partial charge >= 0.3 is 18.1 Å². The molecule has 0 amide bonds. The largest absolute Gasteiger partial charge is 0.459 e. The number of Topliss-reactive ketones (excluding diaryl/α,β-unsaturated/α-hetero) is 1. The SMILES string of the molecule is CCI.O=C(C(F)(F)F)C(F)(F)F. The molecule has 8 heteroatoms. The minimum Gasteiger partial charge on any atom is -0.279 e. The van der Waals surface area contributed by atoms with E-state index < -0.39 is 18.1 Å². The molecule has 0 fully saturated rings. The van der Waals surface area contributed by atoms with Gasteiger partial charge in [-0.15, -0.1) is 0 Å². The van der Waals surface area contributed by atoms with E-state index in [0.29, 0.717) is 0 Å².